The van der Waals surface area contributed by atoms with Gasteiger partial charge in [-0.2, -0.15) is 0 Å². The first-order valence-corrected chi connectivity index (χ1v) is 10.3. The number of para-hydroxylation sites is 1. The smallest absolute Gasteiger partial charge is 0.257 e. The van der Waals surface area contributed by atoms with Gasteiger partial charge in [0.05, 0.1) is 0 Å². The zero-order valence-electron chi connectivity index (χ0n) is 17.7. The quantitative estimate of drug-likeness (QED) is 0.486. The molecule has 0 saturated carbocycles. The van der Waals surface area contributed by atoms with Gasteiger partial charge >= 0.3 is 0 Å². The summed E-state index contributed by atoms with van der Waals surface area (Å²) in [6.07, 6.45) is 0. The minimum absolute atomic E-state index is 0.0175. The van der Waals surface area contributed by atoms with Gasteiger partial charge in [0.15, 0.2) is 5.11 Å². The SMILES string of the molecule is CC(C)(C)c1ccc(C(=O)NC(=S)Nc2cccc(C(=O)Nc3ccccc3)c2)cc1. The van der Waals surface area contributed by atoms with Crippen molar-refractivity contribution in [2.75, 3.05) is 10.6 Å². The summed E-state index contributed by atoms with van der Waals surface area (Å²) in [6.45, 7) is 6.36. The Hall–Kier alpha value is -3.51. The number of benzene rings is 3. The van der Waals surface area contributed by atoms with Crippen LogP contribution < -0.4 is 16.0 Å². The van der Waals surface area contributed by atoms with Crippen LogP contribution in [0.4, 0.5) is 11.4 Å². The van der Waals surface area contributed by atoms with E-state index in [-0.39, 0.29) is 22.3 Å². The Balaban J connectivity index is 1.61. The number of nitrogens with one attached hydrogen (secondary N) is 3. The zero-order chi connectivity index (χ0) is 22.4. The molecule has 31 heavy (non-hydrogen) atoms. The molecular weight excluding hydrogens is 406 g/mol. The highest BCUT2D eigenvalue weighted by atomic mass is 32.1. The predicted octanol–water partition coefficient (Wildman–Crippen LogP) is 5.36. The van der Waals surface area contributed by atoms with Crippen molar-refractivity contribution in [3.63, 3.8) is 0 Å². The van der Waals surface area contributed by atoms with Crippen LogP contribution in [0.5, 0.6) is 0 Å². The van der Waals surface area contributed by atoms with E-state index in [1.807, 2.05) is 42.5 Å². The van der Waals surface area contributed by atoms with Gasteiger partial charge in [0.2, 0.25) is 0 Å². The third-order valence-electron chi connectivity index (χ3n) is 4.65. The van der Waals surface area contributed by atoms with Crippen molar-refractivity contribution in [1.82, 2.24) is 5.32 Å². The van der Waals surface area contributed by atoms with Crippen LogP contribution in [0.1, 0.15) is 47.1 Å². The van der Waals surface area contributed by atoms with E-state index in [1.54, 1.807) is 36.4 Å². The Labute approximate surface area is 187 Å². The summed E-state index contributed by atoms with van der Waals surface area (Å²) in [6, 6.07) is 23.6. The van der Waals surface area contributed by atoms with Gasteiger partial charge in [-0.15, -0.1) is 0 Å². The van der Waals surface area contributed by atoms with Gasteiger partial charge < -0.3 is 10.6 Å². The van der Waals surface area contributed by atoms with Crippen molar-refractivity contribution >= 4 is 40.5 Å². The molecule has 0 fully saturated rings. The van der Waals surface area contributed by atoms with Crippen molar-refractivity contribution in [2.24, 2.45) is 0 Å². The van der Waals surface area contributed by atoms with Gasteiger partial charge in [-0.25, -0.2) is 0 Å². The molecule has 5 nitrogen and oxygen atoms in total. The molecule has 0 aliphatic rings. The summed E-state index contributed by atoms with van der Waals surface area (Å²) in [5.41, 5.74) is 3.48. The second-order valence-corrected chi connectivity index (χ2v) is 8.54. The molecular formula is C25H25N3O2S. The molecule has 0 saturated heterocycles. The lowest BCUT2D eigenvalue weighted by molar-refractivity contribution is 0.0976. The molecule has 3 aromatic carbocycles. The summed E-state index contributed by atoms with van der Waals surface area (Å²) in [7, 11) is 0. The lowest BCUT2D eigenvalue weighted by Crippen LogP contribution is -2.34. The number of thiocarbonyl (C=S) groups is 1. The Morgan fingerprint density at radius 2 is 1.35 bits per heavy atom. The largest absolute Gasteiger partial charge is 0.332 e. The Morgan fingerprint density at radius 1 is 0.710 bits per heavy atom. The molecule has 0 aliphatic heterocycles. The average molecular weight is 432 g/mol. The molecule has 0 aliphatic carbocycles. The van der Waals surface area contributed by atoms with E-state index < -0.39 is 0 Å². The molecule has 0 bridgehead atoms. The lowest BCUT2D eigenvalue weighted by Gasteiger charge is -2.19. The zero-order valence-corrected chi connectivity index (χ0v) is 18.5. The summed E-state index contributed by atoms with van der Waals surface area (Å²) < 4.78 is 0. The molecule has 0 atom stereocenters. The van der Waals surface area contributed by atoms with Crippen LogP contribution in [0, 0.1) is 0 Å². The van der Waals surface area contributed by atoms with Gasteiger partial charge in [0.1, 0.15) is 0 Å². The van der Waals surface area contributed by atoms with Crippen LogP contribution in [0.2, 0.25) is 0 Å². The van der Waals surface area contributed by atoms with Crippen molar-refractivity contribution in [3.8, 4) is 0 Å². The molecule has 158 valence electrons. The van der Waals surface area contributed by atoms with E-state index >= 15 is 0 Å². The minimum Gasteiger partial charge on any atom is -0.332 e. The van der Waals surface area contributed by atoms with Crippen molar-refractivity contribution in [3.05, 3.63) is 95.6 Å². The number of rotatable bonds is 4. The van der Waals surface area contributed by atoms with Crippen LogP contribution in [0.25, 0.3) is 0 Å². The van der Waals surface area contributed by atoms with Gasteiger partial charge in [-0.05, 0) is 65.7 Å². The Morgan fingerprint density at radius 3 is 2.00 bits per heavy atom. The van der Waals surface area contributed by atoms with Crippen LogP contribution in [0.15, 0.2) is 78.9 Å². The number of amides is 2. The fraction of sp³-hybridized carbons (Fsp3) is 0.160. The number of carbonyl (C=O) groups is 2. The molecule has 3 aromatic rings. The second-order valence-electron chi connectivity index (χ2n) is 8.14. The number of hydrogen-bond acceptors (Lipinski definition) is 3. The third-order valence-corrected chi connectivity index (χ3v) is 4.86. The summed E-state index contributed by atoms with van der Waals surface area (Å²) in [5.74, 6) is -0.528. The number of hydrogen-bond donors (Lipinski definition) is 3. The van der Waals surface area contributed by atoms with Gasteiger partial charge in [-0.1, -0.05) is 57.2 Å². The Bertz CT molecular complexity index is 1090. The summed E-state index contributed by atoms with van der Waals surface area (Å²) in [5, 5.41) is 8.63. The maximum Gasteiger partial charge on any atom is 0.257 e. The standard InChI is InChI=1S/C25H25N3O2S/c1-25(2,3)19-14-12-17(13-15-19)22(29)28-24(31)27-21-11-7-8-18(16-21)23(30)26-20-9-5-4-6-10-20/h4-16H,1-3H3,(H,26,30)(H2,27,28,29,31). The highest BCUT2D eigenvalue weighted by Crippen LogP contribution is 2.22. The minimum atomic E-state index is -0.295. The van der Waals surface area contributed by atoms with Gasteiger partial charge in [-0.3, -0.25) is 14.9 Å². The van der Waals surface area contributed by atoms with Crippen molar-refractivity contribution in [2.45, 2.75) is 26.2 Å². The maximum absolute atomic E-state index is 12.5. The fourth-order valence-corrected chi connectivity index (χ4v) is 3.13. The maximum atomic E-state index is 12.5. The van der Waals surface area contributed by atoms with E-state index in [0.717, 1.165) is 5.56 Å². The summed E-state index contributed by atoms with van der Waals surface area (Å²) >= 11 is 5.27. The van der Waals surface area contributed by atoms with Crippen LogP contribution in [-0.4, -0.2) is 16.9 Å². The van der Waals surface area contributed by atoms with Crippen LogP contribution in [-0.2, 0) is 5.41 Å². The van der Waals surface area contributed by atoms with E-state index in [4.69, 9.17) is 12.2 Å². The normalized spacial score (nSPS) is 10.8. The van der Waals surface area contributed by atoms with Crippen molar-refractivity contribution in [1.29, 1.82) is 0 Å². The molecule has 0 unspecified atom stereocenters. The first-order valence-electron chi connectivity index (χ1n) is 9.92. The monoisotopic (exact) mass is 431 g/mol. The van der Waals surface area contributed by atoms with E-state index in [2.05, 4.69) is 36.7 Å². The first kappa shape index (κ1) is 22.2. The highest BCUT2D eigenvalue weighted by molar-refractivity contribution is 7.80. The predicted molar refractivity (Wildman–Crippen MR) is 130 cm³/mol. The van der Waals surface area contributed by atoms with Crippen LogP contribution in [0.3, 0.4) is 0 Å². The first-order chi connectivity index (χ1) is 14.7. The molecule has 3 N–H and O–H groups in total. The van der Waals surface area contributed by atoms with Gasteiger partial charge in [0.25, 0.3) is 11.8 Å². The molecule has 0 radical (unpaired) electrons. The van der Waals surface area contributed by atoms with Crippen LogP contribution >= 0.6 is 12.2 Å². The number of carbonyl (C=O) groups excluding carboxylic acids is 2. The van der Waals surface area contributed by atoms with Gasteiger partial charge in [0, 0.05) is 22.5 Å². The fourth-order valence-electron chi connectivity index (χ4n) is 2.92. The highest BCUT2D eigenvalue weighted by Gasteiger charge is 2.15. The number of anilines is 2. The van der Waals surface area contributed by atoms with E-state index in [9.17, 15) is 9.59 Å². The average Bonchev–Trinajstić information content (AvgIpc) is 2.74. The van der Waals surface area contributed by atoms with E-state index in [0.29, 0.717) is 22.5 Å². The summed E-state index contributed by atoms with van der Waals surface area (Å²) in [4.78, 5) is 25.0. The molecule has 3 rings (SSSR count). The molecule has 6 heteroatoms. The molecule has 0 heterocycles. The molecule has 0 spiro atoms. The topological polar surface area (TPSA) is 70.2 Å². The third kappa shape index (κ3) is 6.23. The second kappa shape index (κ2) is 9.53. The van der Waals surface area contributed by atoms with Crippen molar-refractivity contribution < 1.29 is 9.59 Å². The van der Waals surface area contributed by atoms with E-state index in [1.165, 1.54) is 0 Å². The Kier molecular flexibility index (Phi) is 6.82. The lowest BCUT2D eigenvalue weighted by atomic mass is 9.87. The molecule has 0 aromatic heterocycles. The molecule has 2 amide bonds.